The lowest BCUT2D eigenvalue weighted by atomic mass is 10.1. The van der Waals surface area contributed by atoms with Gasteiger partial charge in [-0.05, 0) is 32.2 Å². The van der Waals surface area contributed by atoms with Crippen molar-refractivity contribution in [2.24, 2.45) is 11.7 Å². The normalized spacial score (nSPS) is 19.3. The van der Waals surface area contributed by atoms with Crippen LogP contribution in [0, 0.1) is 12.8 Å². The standard InChI is InChI=1S/C13H23N5/c1-3-5-15-12-7-13(17-10(2)16-12)18-6-4-11(8-14)9-18/h7,11H,3-6,8-9,14H2,1-2H3,(H,15,16,17). The molecular weight excluding hydrogens is 226 g/mol. The van der Waals surface area contributed by atoms with Gasteiger partial charge >= 0.3 is 0 Å². The molecule has 0 aliphatic carbocycles. The number of nitrogens with zero attached hydrogens (tertiary/aromatic N) is 3. The van der Waals surface area contributed by atoms with Crippen LogP contribution < -0.4 is 16.0 Å². The zero-order valence-electron chi connectivity index (χ0n) is 11.3. The molecule has 0 aromatic carbocycles. The van der Waals surface area contributed by atoms with E-state index in [9.17, 15) is 0 Å². The van der Waals surface area contributed by atoms with Gasteiger partial charge in [-0.15, -0.1) is 0 Å². The fourth-order valence-corrected chi connectivity index (χ4v) is 2.29. The summed E-state index contributed by atoms with van der Waals surface area (Å²) in [4.78, 5) is 11.2. The summed E-state index contributed by atoms with van der Waals surface area (Å²) in [6.45, 7) is 7.86. The number of rotatable bonds is 5. The molecule has 2 rings (SSSR count). The van der Waals surface area contributed by atoms with E-state index in [0.717, 1.165) is 56.5 Å². The highest BCUT2D eigenvalue weighted by Gasteiger charge is 2.22. The third-order valence-electron chi connectivity index (χ3n) is 3.32. The first-order valence-electron chi connectivity index (χ1n) is 6.77. The maximum atomic E-state index is 5.73. The molecule has 18 heavy (non-hydrogen) atoms. The largest absolute Gasteiger partial charge is 0.370 e. The first-order valence-corrected chi connectivity index (χ1v) is 6.77. The van der Waals surface area contributed by atoms with Crippen molar-refractivity contribution in [3.63, 3.8) is 0 Å². The van der Waals surface area contributed by atoms with Crippen molar-refractivity contribution < 1.29 is 0 Å². The van der Waals surface area contributed by atoms with Crippen molar-refractivity contribution in [2.75, 3.05) is 36.4 Å². The van der Waals surface area contributed by atoms with E-state index in [0.29, 0.717) is 5.92 Å². The fourth-order valence-electron chi connectivity index (χ4n) is 2.29. The van der Waals surface area contributed by atoms with Crippen LogP contribution in [0.4, 0.5) is 11.6 Å². The zero-order valence-corrected chi connectivity index (χ0v) is 11.3. The van der Waals surface area contributed by atoms with E-state index in [1.165, 1.54) is 0 Å². The van der Waals surface area contributed by atoms with E-state index in [4.69, 9.17) is 5.73 Å². The molecule has 1 fully saturated rings. The van der Waals surface area contributed by atoms with Crippen molar-refractivity contribution in [1.29, 1.82) is 0 Å². The number of aryl methyl sites for hydroxylation is 1. The van der Waals surface area contributed by atoms with Crippen molar-refractivity contribution >= 4 is 11.6 Å². The Balaban J connectivity index is 2.10. The Hall–Kier alpha value is -1.36. The summed E-state index contributed by atoms with van der Waals surface area (Å²) in [7, 11) is 0. The molecular formula is C13H23N5. The number of aromatic nitrogens is 2. The lowest BCUT2D eigenvalue weighted by Gasteiger charge is -2.18. The maximum Gasteiger partial charge on any atom is 0.134 e. The number of hydrogen-bond acceptors (Lipinski definition) is 5. The van der Waals surface area contributed by atoms with Gasteiger partial charge in [0.25, 0.3) is 0 Å². The highest BCUT2D eigenvalue weighted by Crippen LogP contribution is 2.23. The van der Waals surface area contributed by atoms with Crippen LogP contribution in [0.3, 0.4) is 0 Å². The average Bonchev–Trinajstić information content (AvgIpc) is 2.84. The Morgan fingerprint density at radius 1 is 1.50 bits per heavy atom. The van der Waals surface area contributed by atoms with Crippen molar-refractivity contribution in [1.82, 2.24) is 9.97 Å². The van der Waals surface area contributed by atoms with E-state index in [1.54, 1.807) is 0 Å². The first-order chi connectivity index (χ1) is 8.72. The van der Waals surface area contributed by atoms with Gasteiger partial charge in [0.05, 0.1) is 0 Å². The Kier molecular flexibility index (Phi) is 4.36. The molecule has 3 N–H and O–H groups in total. The molecule has 0 spiro atoms. The Morgan fingerprint density at radius 2 is 2.33 bits per heavy atom. The highest BCUT2D eigenvalue weighted by molar-refractivity contribution is 5.50. The monoisotopic (exact) mass is 249 g/mol. The van der Waals surface area contributed by atoms with Gasteiger partial charge in [0.15, 0.2) is 0 Å². The molecule has 0 amide bonds. The molecule has 1 aliphatic rings. The topological polar surface area (TPSA) is 67.1 Å². The first kappa shape index (κ1) is 13.1. The van der Waals surface area contributed by atoms with Crippen LogP contribution in [-0.4, -0.2) is 36.1 Å². The van der Waals surface area contributed by atoms with Gasteiger partial charge in [-0.1, -0.05) is 6.92 Å². The van der Waals surface area contributed by atoms with Crippen molar-refractivity contribution in [3.05, 3.63) is 11.9 Å². The third kappa shape index (κ3) is 3.10. The third-order valence-corrected chi connectivity index (χ3v) is 3.32. The molecule has 1 aliphatic heterocycles. The summed E-state index contributed by atoms with van der Waals surface area (Å²) < 4.78 is 0. The van der Waals surface area contributed by atoms with E-state index in [2.05, 4.69) is 27.1 Å². The molecule has 1 aromatic rings. The summed E-state index contributed by atoms with van der Waals surface area (Å²) in [6, 6.07) is 2.04. The molecule has 0 bridgehead atoms. The van der Waals surface area contributed by atoms with E-state index in [-0.39, 0.29) is 0 Å². The molecule has 5 heteroatoms. The number of nitrogens with one attached hydrogen (secondary N) is 1. The van der Waals surface area contributed by atoms with Crippen LogP contribution in [0.25, 0.3) is 0 Å². The molecule has 1 saturated heterocycles. The molecule has 0 saturated carbocycles. The van der Waals surface area contributed by atoms with Gasteiger partial charge in [-0.3, -0.25) is 0 Å². The minimum atomic E-state index is 0.604. The summed E-state index contributed by atoms with van der Waals surface area (Å²) in [6.07, 6.45) is 2.26. The molecule has 5 nitrogen and oxygen atoms in total. The van der Waals surface area contributed by atoms with E-state index < -0.39 is 0 Å². The van der Waals surface area contributed by atoms with Gasteiger partial charge in [0.2, 0.25) is 0 Å². The summed E-state index contributed by atoms with van der Waals surface area (Å²) in [5, 5.41) is 3.32. The van der Waals surface area contributed by atoms with Crippen LogP contribution in [-0.2, 0) is 0 Å². The molecule has 2 heterocycles. The Morgan fingerprint density at radius 3 is 3.00 bits per heavy atom. The van der Waals surface area contributed by atoms with Crippen LogP contribution in [0.2, 0.25) is 0 Å². The Bertz CT molecular complexity index is 393. The summed E-state index contributed by atoms with van der Waals surface area (Å²) in [5.74, 6) is 3.38. The molecule has 0 radical (unpaired) electrons. The summed E-state index contributed by atoms with van der Waals surface area (Å²) >= 11 is 0. The average molecular weight is 249 g/mol. The lowest BCUT2D eigenvalue weighted by molar-refractivity contribution is 0.602. The van der Waals surface area contributed by atoms with Crippen molar-refractivity contribution in [2.45, 2.75) is 26.7 Å². The van der Waals surface area contributed by atoms with Crippen LogP contribution in [0.15, 0.2) is 6.07 Å². The molecule has 1 atom stereocenters. The second-order valence-electron chi connectivity index (χ2n) is 4.92. The SMILES string of the molecule is CCCNc1cc(N2CCC(CN)C2)nc(C)n1. The van der Waals surface area contributed by atoms with Gasteiger partial charge < -0.3 is 16.0 Å². The summed E-state index contributed by atoms with van der Waals surface area (Å²) in [5.41, 5.74) is 5.73. The van der Waals surface area contributed by atoms with Crippen LogP contribution >= 0.6 is 0 Å². The number of anilines is 2. The molecule has 1 unspecified atom stereocenters. The van der Waals surface area contributed by atoms with E-state index in [1.807, 2.05) is 13.0 Å². The minimum Gasteiger partial charge on any atom is -0.370 e. The Labute approximate surface area is 109 Å². The van der Waals surface area contributed by atoms with Crippen LogP contribution in [0.1, 0.15) is 25.6 Å². The molecule has 100 valence electrons. The quantitative estimate of drug-likeness (QED) is 0.825. The number of hydrogen-bond donors (Lipinski definition) is 2. The minimum absolute atomic E-state index is 0.604. The maximum absolute atomic E-state index is 5.73. The molecule has 1 aromatic heterocycles. The van der Waals surface area contributed by atoms with Gasteiger partial charge in [-0.2, -0.15) is 0 Å². The fraction of sp³-hybridized carbons (Fsp3) is 0.692. The smallest absolute Gasteiger partial charge is 0.134 e. The van der Waals surface area contributed by atoms with Gasteiger partial charge in [0.1, 0.15) is 17.5 Å². The lowest BCUT2D eigenvalue weighted by Crippen LogP contribution is -2.24. The predicted octanol–water partition coefficient (Wildman–Crippen LogP) is 1.39. The number of nitrogens with two attached hydrogens (primary N) is 1. The zero-order chi connectivity index (χ0) is 13.0. The van der Waals surface area contributed by atoms with Gasteiger partial charge in [0, 0.05) is 25.7 Å². The van der Waals surface area contributed by atoms with Crippen molar-refractivity contribution in [3.8, 4) is 0 Å². The van der Waals surface area contributed by atoms with Crippen LogP contribution in [0.5, 0.6) is 0 Å². The van der Waals surface area contributed by atoms with Gasteiger partial charge in [-0.25, -0.2) is 9.97 Å². The highest BCUT2D eigenvalue weighted by atomic mass is 15.2. The van der Waals surface area contributed by atoms with E-state index >= 15 is 0 Å². The second kappa shape index (κ2) is 6.00. The predicted molar refractivity (Wildman–Crippen MR) is 74.9 cm³/mol. The second-order valence-corrected chi connectivity index (χ2v) is 4.92.